The zero-order valence-electron chi connectivity index (χ0n) is 29.9. The first-order valence-corrected chi connectivity index (χ1v) is 18.4. The Bertz CT molecular complexity index is 1150. The highest BCUT2D eigenvalue weighted by Gasteiger charge is 2.51. The molecule has 3 fully saturated rings. The van der Waals surface area contributed by atoms with E-state index < -0.39 is 51.4 Å². The van der Waals surface area contributed by atoms with Crippen molar-refractivity contribution >= 4 is 21.8 Å². The van der Waals surface area contributed by atoms with Crippen LogP contribution in [0.1, 0.15) is 54.4 Å². The van der Waals surface area contributed by atoms with Crippen LogP contribution < -0.4 is 0 Å². The highest BCUT2D eigenvalue weighted by atomic mass is 32.2. The van der Waals surface area contributed by atoms with E-state index in [0.717, 1.165) is 0 Å². The number of aliphatic hydroxyl groups excluding tert-OH is 1. The fourth-order valence-corrected chi connectivity index (χ4v) is 8.15. The molecule has 3 saturated heterocycles. The summed E-state index contributed by atoms with van der Waals surface area (Å²) in [7, 11) is 4.15. The summed E-state index contributed by atoms with van der Waals surface area (Å²) in [6, 6.07) is -0.384. The molecule has 0 spiro atoms. The fraction of sp³-hybridized carbons (Fsp3) is 0.938. The van der Waals surface area contributed by atoms with Crippen molar-refractivity contribution < 1.29 is 42.1 Å². The number of hydrogen-bond donors (Lipinski definition) is 1. The molecule has 0 aliphatic carbocycles. The van der Waals surface area contributed by atoms with Crippen molar-refractivity contribution in [3.8, 4) is 0 Å². The summed E-state index contributed by atoms with van der Waals surface area (Å²) in [6.45, 7) is 14.2. The van der Waals surface area contributed by atoms with Crippen molar-refractivity contribution in [2.45, 2.75) is 96.7 Å². The summed E-state index contributed by atoms with van der Waals surface area (Å²) in [5.41, 5.74) is -2.46. The molecule has 0 aromatic rings. The molecule has 3 rings (SSSR count). The van der Waals surface area contributed by atoms with Gasteiger partial charge in [0.2, 0.25) is 10.0 Å². The van der Waals surface area contributed by atoms with E-state index in [-0.39, 0.29) is 36.5 Å². The van der Waals surface area contributed by atoms with Gasteiger partial charge in [-0.15, -0.1) is 0 Å². The Morgan fingerprint density at radius 3 is 2.22 bits per heavy atom. The molecule has 0 aromatic carbocycles. The number of Topliss-reactive ketones (excluding diaryl/α,β-unsaturated/α-hetero) is 1. The van der Waals surface area contributed by atoms with E-state index in [1.54, 1.807) is 27.9 Å². The lowest BCUT2D eigenvalue weighted by Gasteiger charge is -2.47. The lowest BCUT2D eigenvalue weighted by Crippen LogP contribution is -2.59. The molecule has 0 saturated carbocycles. The van der Waals surface area contributed by atoms with Crippen LogP contribution in [0.3, 0.4) is 0 Å². The molecule has 0 unspecified atom stereocenters. The van der Waals surface area contributed by atoms with Gasteiger partial charge in [0, 0.05) is 58.3 Å². The average molecular weight is 677 g/mol. The number of methoxy groups -OCH3 is 1. The second-order valence-electron chi connectivity index (χ2n) is 14.9. The standard InChI is InChI=1S/C32H60N4O9S/c1-21-17-32(6,42-10)28(45-29-26(37)25(33(7)8)16-22(2)44-29)23(3)27(38)31(4,5)30(39)43-20-24(34(9)18-21)19-35-12-14-36(15-13-35)46(11,40)41/h21-26,28-29,37H,12-20H2,1-11H3/t21-,22-,23+,24-,25+,26-,28-,29+,32-/m1/s1. The molecule has 3 heterocycles. The van der Waals surface area contributed by atoms with Crippen LogP contribution >= 0.6 is 0 Å². The first-order valence-electron chi connectivity index (χ1n) is 16.5. The Morgan fingerprint density at radius 1 is 1.07 bits per heavy atom. The summed E-state index contributed by atoms with van der Waals surface area (Å²) in [5.74, 6) is -1.69. The molecule has 1 N–H and O–H groups in total. The van der Waals surface area contributed by atoms with Crippen LogP contribution in [0.2, 0.25) is 0 Å². The number of nitrogens with zero attached hydrogens (tertiary/aromatic N) is 4. The number of carbonyl (C=O) groups is 2. The minimum Gasteiger partial charge on any atom is -0.463 e. The number of carbonyl (C=O) groups excluding carboxylic acids is 2. The first kappa shape index (κ1) is 39.2. The SMILES string of the molecule is CO[C@]1(C)C[C@@H](C)CN(C)[C@H](CN2CCN(S(C)(=O)=O)CC2)COC(=O)C(C)(C)C(=O)[C@H](C)[C@H]1O[C@@H]1O[C@H](C)C[C@H](N(C)C)[C@H]1O. The Labute approximate surface area is 276 Å². The molecule has 0 aromatic heterocycles. The predicted molar refractivity (Wildman–Crippen MR) is 175 cm³/mol. The smallest absolute Gasteiger partial charge is 0.319 e. The molecular weight excluding hydrogens is 616 g/mol. The fourth-order valence-electron chi connectivity index (χ4n) is 7.32. The zero-order valence-corrected chi connectivity index (χ0v) is 30.7. The first-order chi connectivity index (χ1) is 21.2. The van der Waals surface area contributed by atoms with Gasteiger partial charge in [-0.25, -0.2) is 8.42 Å². The molecule has 3 aliphatic heterocycles. The Balaban J connectivity index is 1.91. The highest BCUT2D eigenvalue weighted by molar-refractivity contribution is 7.88. The second-order valence-corrected chi connectivity index (χ2v) is 16.9. The molecule has 13 nitrogen and oxygen atoms in total. The van der Waals surface area contributed by atoms with Crippen molar-refractivity contribution in [2.75, 3.05) is 80.4 Å². The van der Waals surface area contributed by atoms with Gasteiger partial charge in [-0.2, -0.15) is 4.31 Å². The van der Waals surface area contributed by atoms with Crippen LogP contribution in [0.4, 0.5) is 0 Å². The van der Waals surface area contributed by atoms with E-state index in [1.807, 2.05) is 39.9 Å². The third kappa shape index (κ3) is 9.26. The van der Waals surface area contributed by atoms with E-state index >= 15 is 0 Å². The van der Waals surface area contributed by atoms with E-state index in [2.05, 4.69) is 16.7 Å². The molecule has 46 heavy (non-hydrogen) atoms. The topological polar surface area (TPSA) is 138 Å². The number of ether oxygens (including phenoxy) is 4. The monoisotopic (exact) mass is 676 g/mol. The highest BCUT2D eigenvalue weighted by Crippen LogP contribution is 2.38. The van der Waals surface area contributed by atoms with Crippen molar-refractivity contribution in [1.82, 2.24) is 19.0 Å². The van der Waals surface area contributed by atoms with Gasteiger partial charge in [0.1, 0.15) is 18.1 Å². The summed E-state index contributed by atoms with van der Waals surface area (Å²) in [5, 5.41) is 11.3. The van der Waals surface area contributed by atoms with E-state index in [9.17, 15) is 23.1 Å². The normalized spacial score (nSPS) is 38.5. The van der Waals surface area contributed by atoms with Crippen molar-refractivity contribution in [1.29, 1.82) is 0 Å². The molecule has 3 aliphatic rings. The van der Waals surface area contributed by atoms with Gasteiger partial charge in [-0.3, -0.25) is 19.4 Å². The number of esters is 1. The largest absolute Gasteiger partial charge is 0.463 e. The Hall–Kier alpha value is -1.23. The van der Waals surface area contributed by atoms with E-state index in [4.69, 9.17) is 18.9 Å². The van der Waals surface area contributed by atoms with E-state index in [0.29, 0.717) is 52.1 Å². The Morgan fingerprint density at radius 2 is 1.67 bits per heavy atom. The quantitative estimate of drug-likeness (QED) is 0.303. The number of cyclic esters (lactones) is 1. The molecule has 0 amide bonds. The number of piperazine rings is 1. The van der Waals surface area contributed by atoms with Gasteiger partial charge in [0.15, 0.2) is 12.1 Å². The number of hydrogen-bond acceptors (Lipinski definition) is 12. The summed E-state index contributed by atoms with van der Waals surface area (Å²) in [4.78, 5) is 34.1. The summed E-state index contributed by atoms with van der Waals surface area (Å²) < 4.78 is 50.3. The number of aliphatic hydroxyl groups is 1. The summed E-state index contributed by atoms with van der Waals surface area (Å²) >= 11 is 0. The van der Waals surface area contributed by atoms with E-state index in [1.165, 1.54) is 10.6 Å². The van der Waals surface area contributed by atoms with Crippen molar-refractivity contribution in [3.63, 3.8) is 0 Å². The minimum absolute atomic E-state index is 0.0723. The number of sulfonamides is 1. The number of rotatable bonds is 7. The van der Waals surface area contributed by atoms with Gasteiger partial charge < -0.3 is 29.0 Å². The van der Waals surface area contributed by atoms with Crippen LogP contribution in [0.25, 0.3) is 0 Å². The molecule has 268 valence electrons. The zero-order chi connectivity index (χ0) is 34.8. The maximum atomic E-state index is 14.2. The van der Waals surface area contributed by atoms with Gasteiger partial charge in [-0.1, -0.05) is 13.8 Å². The third-order valence-electron chi connectivity index (χ3n) is 10.3. The number of likely N-dealkylation sites (N-methyl/N-ethyl adjacent to an activating group) is 2. The van der Waals surface area contributed by atoms with Crippen LogP contribution in [0.15, 0.2) is 0 Å². The lowest BCUT2D eigenvalue weighted by atomic mass is 9.74. The molecule has 0 radical (unpaired) electrons. The minimum atomic E-state index is -3.25. The molecule has 14 heteroatoms. The second kappa shape index (κ2) is 15.5. The van der Waals surface area contributed by atoms with Gasteiger partial charge in [-0.05, 0) is 67.6 Å². The van der Waals surface area contributed by atoms with Crippen LogP contribution in [-0.2, 0) is 38.6 Å². The van der Waals surface area contributed by atoms with Crippen LogP contribution in [0.5, 0.6) is 0 Å². The lowest BCUT2D eigenvalue weighted by molar-refractivity contribution is -0.295. The Kier molecular flexibility index (Phi) is 13.3. The maximum Gasteiger partial charge on any atom is 0.319 e. The average Bonchev–Trinajstić information content (AvgIpc) is 2.97. The molecule has 9 atom stereocenters. The predicted octanol–water partition coefficient (Wildman–Crippen LogP) is 0.895. The summed E-state index contributed by atoms with van der Waals surface area (Å²) in [6.07, 6.45) is -0.596. The molecule has 0 bridgehead atoms. The van der Waals surface area contributed by atoms with Gasteiger partial charge in [0.25, 0.3) is 0 Å². The van der Waals surface area contributed by atoms with Gasteiger partial charge in [0.05, 0.1) is 30.1 Å². The number of ketones is 1. The third-order valence-corrected chi connectivity index (χ3v) is 11.6. The van der Waals surface area contributed by atoms with Crippen LogP contribution in [-0.4, -0.2) is 167 Å². The van der Waals surface area contributed by atoms with Crippen molar-refractivity contribution in [3.05, 3.63) is 0 Å². The molecular formula is C32H60N4O9S. The van der Waals surface area contributed by atoms with Crippen LogP contribution in [0, 0.1) is 17.3 Å². The maximum absolute atomic E-state index is 14.2. The van der Waals surface area contributed by atoms with Crippen molar-refractivity contribution in [2.24, 2.45) is 17.3 Å². The van der Waals surface area contributed by atoms with Gasteiger partial charge >= 0.3 is 5.97 Å².